The van der Waals surface area contributed by atoms with Crippen molar-refractivity contribution in [1.82, 2.24) is 0 Å². The predicted octanol–water partition coefficient (Wildman–Crippen LogP) is 4.63. The van der Waals surface area contributed by atoms with Gasteiger partial charge in [-0.2, -0.15) is 0 Å². The first-order chi connectivity index (χ1) is 17.8. The highest BCUT2D eigenvalue weighted by Gasteiger charge is 2.60. The lowest BCUT2D eigenvalue weighted by atomic mass is 9.90. The molecule has 3 aromatic carbocycles. The summed E-state index contributed by atoms with van der Waals surface area (Å²) >= 11 is 6.09. The van der Waals surface area contributed by atoms with E-state index in [1.54, 1.807) is 60.5 Å². The number of halogens is 1. The van der Waals surface area contributed by atoms with Crippen molar-refractivity contribution >= 4 is 46.4 Å². The van der Waals surface area contributed by atoms with Crippen LogP contribution in [0.2, 0.25) is 5.02 Å². The van der Waals surface area contributed by atoms with Crippen molar-refractivity contribution in [1.29, 1.82) is 0 Å². The number of anilines is 3. The van der Waals surface area contributed by atoms with Crippen LogP contribution in [-0.4, -0.2) is 44.6 Å². The van der Waals surface area contributed by atoms with Crippen molar-refractivity contribution in [2.45, 2.75) is 19.1 Å². The number of amides is 2. The van der Waals surface area contributed by atoms with Gasteiger partial charge in [0.1, 0.15) is 5.92 Å². The molecule has 0 aliphatic carbocycles. The van der Waals surface area contributed by atoms with Crippen LogP contribution in [0.4, 0.5) is 17.1 Å². The Hall–Kier alpha value is -3.88. The number of benzene rings is 3. The number of carbonyl (C=O) groups excluding carboxylic acids is 3. The highest BCUT2D eigenvalue weighted by Crippen LogP contribution is 2.47. The van der Waals surface area contributed by atoms with Gasteiger partial charge in [-0.3, -0.25) is 14.4 Å². The van der Waals surface area contributed by atoms with E-state index in [1.807, 2.05) is 43.3 Å². The molecule has 5 rings (SSSR count). The van der Waals surface area contributed by atoms with Crippen molar-refractivity contribution < 1.29 is 24.0 Å². The molecule has 0 saturated carbocycles. The molecule has 2 heterocycles. The van der Waals surface area contributed by atoms with Crippen molar-refractivity contribution in [2.24, 2.45) is 5.92 Å². The van der Waals surface area contributed by atoms with Crippen LogP contribution in [-0.2, 0) is 19.2 Å². The van der Waals surface area contributed by atoms with E-state index in [0.29, 0.717) is 22.0 Å². The van der Waals surface area contributed by atoms with Crippen molar-refractivity contribution in [3.63, 3.8) is 0 Å². The zero-order valence-corrected chi connectivity index (χ0v) is 21.4. The summed E-state index contributed by atoms with van der Waals surface area (Å²) < 4.78 is 5.02. The molecule has 0 unspecified atom stereocenters. The largest absolute Gasteiger partial charge is 0.462 e. The van der Waals surface area contributed by atoms with E-state index >= 15 is 0 Å². The molecule has 0 radical (unpaired) electrons. The first-order valence-electron chi connectivity index (χ1n) is 11.9. The van der Waals surface area contributed by atoms with Crippen LogP contribution >= 0.6 is 11.6 Å². The van der Waals surface area contributed by atoms with E-state index in [0.717, 1.165) is 16.2 Å². The molecule has 0 aromatic heterocycles. The van der Waals surface area contributed by atoms with Gasteiger partial charge in [-0.05, 0) is 73.2 Å². The second-order valence-corrected chi connectivity index (χ2v) is 9.50. The number of carbonyl (C=O) groups is 3. The number of nitrogens with zero attached hydrogens (tertiary/aromatic N) is 3. The third-order valence-corrected chi connectivity index (χ3v) is 6.84. The molecule has 9 heteroatoms. The Balaban J connectivity index is 1.50. The molecule has 190 valence electrons. The second-order valence-electron chi connectivity index (χ2n) is 9.06. The SMILES string of the molecule is CCOC(=O)c1ccc(N2C(=O)[C@H]3[C@@H](c4ccc(N(C)C)cc4)N(c4ccc(Cl)cc4)O[C@H]3C2=O)cc1. The average molecular weight is 520 g/mol. The summed E-state index contributed by atoms with van der Waals surface area (Å²) in [6.07, 6.45) is -0.994. The average Bonchev–Trinajstić information content (AvgIpc) is 3.40. The molecule has 0 bridgehead atoms. The van der Waals surface area contributed by atoms with Gasteiger partial charge in [-0.1, -0.05) is 23.7 Å². The minimum Gasteiger partial charge on any atom is -0.462 e. The summed E-state index contributed by atoms with van der Waals surface area (Å²) in [5, 5.41) is 2.20. The molecule has 2 aliphatic rings. The fourth-order valence-corrected chi connectivity index (χ4v) is 4.88. The predicted molar refractivity (Wildman–Crippen MR) is 141 cm³/mol. The molecule has 0 N–H and O–H groups in total. The van der Waals surface area contributed by atoms with Crippen molar-refractivity contribution in [3.8, 4) is 0 Å². The maximum atomic E-state index is 13.8. The van der Waals surface area contributed by atoms with E-state index in [2.05, 4.69) is 0 Å². The molecule has 8 nitrogen and oxygen atoms in total. The van der Waals surface area contributed by atoms with E-state index in [1.165, 1.54) is 0 Å². The molecule has 0 spiro atoms. The quantitative estimate of drug-likeness (QED) is 0.347. The van der Waals surface area contributed by atoms with Crippen LogP contribution in [0.3, 0.4) is 0 Å². The zero-order chi connectivity index (χ0) is 26.3. The fraction of sp³-hybridized carbons (Fsp3) is 0.250. The Bertz CT molecular complexity index is 1330. The maximum Gasteiger partial charge on any atom is 0.338 e. The van der Waals surface area contributed by atoms with E-state index < -0.39 is 29.9 Å². The summed E-state index contributed by atoms with van der Waals surface area (Å²) in [6.45, 7) is 1.98. The van der Waals surface area contributed by atoms with Gasteiger partial charge in [-0.25, -0.2) is 14.8 Å². The summed E-state index contributed by atoms with van der Waals surface area (Å²) in [5.41, 5.74) is 3.25. The summed E-state index contributed by atoms with van der Waals surface area (Å²) in [6, 6.07) is 20.6. The number of esters is 1. The standard InChI is InChI=1S/C28H26ClN3O5/c1-4-36-28(35)18-7-13-21(14-8-18)31-26(33)23-24(17-5-11-20(12-6-17)30(2)3)32(37-25(23)27(31)34)22-15-9-19(29)10-16-22/h5-16,23-25H,4H2,1-3H3/t23-,24+,25+/m0/s1. The highest BCUT2D eigenvalue weighted by molar-refractivity contribution is 6.30. The van der Waals surface area contributed by atoms with Gasteiger partial charge >= 0.3 is 5.97 Å². The number of hydroxylamine groups is 1. The minimum atomic E-state index is -0.994. The summed E-state index contributed by atoms with van der Waals surface area (Å²) in [5.74, 6) is -2.05. The Labute approximate surface area is 219 Å². The topological polar surface area (TPSA) is 79.4 Å². The van der Waals surface area contributed by atoms with Crippen molar-refractivity contribution in [2.75, 3.05) is 35.6 Å². The molecule has 3 aromatic rings. The Kier molecular flexibility index (Phi) is 6.62. The Morgan fingerprint density at radius 2 is 1.54 bits per heavy atom. The Morgan fingerprint density at radius 3 is 2.14 bits per heavy atom. The van der Waals surface area contributed by atoms with Crippen molar-refractivity contribution in [3.05, 3.63) is 88.9 Å². The highest BCUT2D eigenvalue weighted by atomic mass is 35.5. The van der Waals surface area contributed by atoms with Crippen LogP contribution in [0.5, 0.6) is 0 Å². The third kappa shape index (κ3) is 4.43. The smallest absolute Gasteiger partial charge is 0.338 e. The van der Waals surface area contributed by atoms with E-state index in [9.17, 15) is 14.4 Å². The van der Waals surface area contributed by atoms with Gasteiger partial charge in [0.25, 0.3) is 5.91 Å². The van der Waals surface area contributed by atoms with Crippen LogP contribution in [0.15, 0.2) is 72.8 Å². The van der Waals surface area contributed by atoms with Gasteiger partial charge in [0, 0.05) is 24.8 Å². The lowest BCUT2D eigenvalue weighted by Gasteiger charge is -2.29. The monoisotopic (exact) mass is 519 g/mol. The lowest BCUT2D eigenvalue weighted by molar-refractivity contribution is -0.126. The molecular formula is C28H26ClN3O5. The van der Waals surface area contributed by atoms with Crippen LogP contribution in [0.1, 0.15) is 28.9 Å². The Morgan fingerprint density at radius 1 is 0.919 bits per heavy atom. The molecule has 2 aliphatic heterocycles. The number of imide groups is 1. The van der Waals surface area contributed by atoms with Gasteiger partial charge in [-0.15, -0.1) is 0 Å². The molecule has 3 atom stereocenters. The second kappa shape index (κ2) is 9.88. The third-order valence-electron chi connectivity index (χ3n) is 6.58. The number of fused-ring (bicyclic) bond motifs is 1. The number of rotatable bonds is 6. The summed E-state index contributed by atoms with van der Waals surface area (Å²) in [4.78, 5) is 48.6. The first kappa shape index (κ1) is 24.8. The number of ether oxygens (including phenoxy) is 1. The van der Waals surface area contributed by atoms with Gasteiger partial charge in [0.2, 0.25) is 5.91 Å². The maximum absolute atomic E-state index is 13.8. The van der Waals surface area contributed by atoms with E-state index in [4.69, 9.17) is 21.2 Å². The van der Waals surface area contributed by atoms with Crippen LogP contribution in [0.25, 0.3) is 0 Å². The van der Waals surface area contributed by atoms with Crippen LogP contribution < -0.4 is 14.9 Å². The first-order valence-corrected chi connectivity index (χ1v) is 12.3. The number of hydrogen-bond donors (Lipinski definition) is 0. The van der Waals surface area contributed by atoms with Gasteiger partial charge in [0.15, 0.2) is 6.10 Å². The van der Waals surface area contributed by atoms with Gasteiger partial charge < -0.3 is 9.64 Å². The molecular weight excluding hydrogens is 494 g/mol. The molecule has 37 heavy (non-hydrogen) atoms. The normalized spacial score (nSPS) is 20.8. The molecule has 2 amide bonds. The lowest BCUT2D eigenvalue weighted by Crippen LogP contribution is -2.37. The fourth-order valence-electron chi connectivity index (χ4n) is 4.75. The van der Waals surface area contributed by atoms with Crippen LogP contribution in [0, 0.1) is 5.92 Å². The zero-order valence-electron chi connectivity index (χ0n) is 20.6. The van der Waals surface area contributed by atoms with E-state index in [-0.39, 0.29) is 12.5 Å². The van der Waals surface area contributed by atoms with Gasteiger partial charge in [0.05, 0.1) is 29.6 Å². The molecule has 2 saturated heterocycles. The molecule has 2 fully saturated rings. The minimum absolute atomic E-state index is 0.255. The summed E-state index contributed by atoms with van der Waals surface area (Å²) in [7, 11) is 3.90. The number of hydrogen-bond acceptors (Lipinski definition) is 7.